The standard InChI is InChI=1S/C20H22N4O4/c1-28-17-8-3-2-6-14(17)13-24-19(26)16(23-20(24)27)12-18(25)22-11-9-15-7-4-5-10-21-15/h2-8,10,16H,9,11-13H2,1H3,(H,22,25)(H,23,27)/t16-/m0/s1. The van der Waals surface area contributed by atoms with Crippen LogP contribution in [0.25, 0.3) is 0 Å². The van der Waals surface area contributed by atoms with E-state index in [9.17, 15) is 14.4 Å². The van der Waals surface area contributed by atoms with Crippen molar-refractivity contribution in [1.82, 2.24) is 20.5 Å². The van der Waals surface area contributed by atoms with E-state index in [4.69, 9.17) is 4.74 Å². The first-order valence-electron chi connectivity index (χ1n) is 8.99. The molecule has 2 aromatic rings. The Morgan fingerprint density at radius 2 is 2.00 bits per heavy atom. The third-order valence-corrected chi connectivity index (χ3v) is 4.45. The van der Waals surface area contributed by atoms with Crippen LogP contribution in [0.2, 0.25) is 0 Å². The number of rotatable bonds is 8. The summed E-state index contributed by atoms with van der Waals surface area (Å²) in [5.41, 5.74) is 1.59. The maximum Gasteiger partial charge on any atom is 0.325 e. The van der Waals surface area contributed by atoms with Crippen LogP contribution in [0.15, 0.2) is 48.7 Å². The first kappa shape index (κ1) is 19.3. The molecule has 8 nitrogen and oxygen atoms in total. The molecule has 0 saturated carbocycles. The molecule has 0 unspecified atom stereocenters. The Kier molecular flexibility index (Phi) is 6.21. The van der Waals surface area contributed by atoms with Crippen molar-refractivity contribution in [1.29, 1.82) is 0 Å². The summed E-state index contributed by atoms with van der Waals surface area (Å²) in [6.07, 6.45) is 2.19. The second kappa shape index (κ2) is 8.98. The lowest BCUT2D eigenvalue weighted by molar-refractivity contribution is -0.131. The minimum Gasteiger partial charge on any atom is -0.496 e. The van der Waals surface area contributed by atoms with Crippen LogP contribution in [0.3, 0.4) is 0 Å². The molecule has 1 aliphatic rings. The number of urea groups is 1. The largest absolute Gasteiger partial charge is 0.496 e. The summed E-state index contributed by atoms with van der Waals surface area (Å²) in [6, 6.07) is 11.4. The third kappa shape index (κ3) is 4.64. The van der Waals surface area contributed by atoms with E-state index in [-0.39, 0.29) is 18.9 Å². The summed E-state index contributed by atoms with van der Waals surface area (Å²) in [5, 5.41) is 5.33. The van der Waals surface area contributed by atoms with Gasteiger partial charge in [-0.2, -0.15) is 0 Å². The van der Waals surface area contributed by atoms with Gasteiger partial charge in [0.1, 0.15) is 11.8 Å². The van der Waals surface area contributed by atoms with Crippen LogP contribution >= 0.6 is 0 Å². The number of para-hydroxylation sites is 1. The fourth-order valence-electron chi connectivity index (χ4n) is 3.00. The lowest BCUT2D eigenvalue weighted by Gasteiger charge is -2.15. The maximum absolute atomic E-state index is 12.6. The number of amides is 4. The summed E-state index contributed by atoms with van der Waals surface area (Å²) < 4.78 is 5.26. The van der Waals surface area contributed by atoms with Gasteiger partial charge in [0.25, 0.3) is 5.91 Å². The summed E-state index contributed by atoms with van der Waals surface area (Å²) in [5.74, 6) is -0.122. The number of ether oxygens (including phenoxy) is 1. The van der Waals surface area contributed by atoms with Gasteiger partial charge in [0.15, 0.2) is 0 Å². The number of nitrogens with one attached hydrogen (secondary N) is 2. The number of pyridine rings is 1. The van der Waals surface area contributed by atoms with Crippen molar-refractivity contribution in [2.24, 2.45) is 0 Å². The minimum atomic E-state index is -0.864. The molecule has 4 amide bonds. The molecular weight excluding hydrogens is 360 g/mol. The van der Waals surface area contributed by atoms with E-state index in [1.807, 2.05) is 30.3 Å². The lowest BCUT2D eigenvalue weighted by Crippen LogP contribution is -2.37. The van der Waals surface area contributed by atoms with Gasteiger partial charge < -0.3 is 15.4 Å². The summed E-state index contributed by atoms with van der Waals surface area (Å²) in [4.78, 5) is 42.2. The molecule has 146 valence electrons. The molecule has 0 bridgehead atoms. The van der Waals surface area contributed by atoms with Gasteiger partial charge in [-0.15, -0.1) is 0 Å². The van der Waals surface area contributed by atoms with Crippen molar-refractivity contribution in [3.63, 3.8) is 0 Å². The molecule has 1 aliphatic heterocycles. The molecular formula is C20H22N4O4. The highest BCUT2D eigenvalue weighted by Crippen LogP contribution is 2.21. The highest BCUT2D eigenvalue weighted by molar-refractivity contribution is 6.05. The van der Waals surface area contributed by atoms with Crippen molar-refractivity contribution < 1.29 is 19.1 Å². The number of methoxy groups -OCH3 is 1. The zero-order chi connectivity index (χ0) is 19.9. The van der Waals surface area contributed by atoms with E-state index in [1.165, 1.54) is 7.11 Å². The van der Waals surface area contributed by atoms with Crippen LogP contribution in [0.5, 0.6) is 5.75 Å². The molecule has 8 heteroatoms. The quantitative estimate of drug-likeness (QED) is 0.670. The fourth-order valence-corrected chi connectivity index (χ4v) is 3.00. The van der Waals surface area contributed by atoms with E-state index in [1.54, 1.807) is 18.3 Å². The molecule has 1 saturated heterocycles. The molecule has 1 fully saturated rings. The van der Waals surface area contributed by atoms with Crippen LogP contribution < -0.4 is 15.4 Å². The average molecular weight is 382 g/mol. The SMILES string of the molecule is COc1ccccc1CN1C(=O)N[C@@H](CC(=O)NCCc2ccccn2)C1=O. The molecule has 0 aliphatic carbocycles. The average Bonchev–Trinajstić information content (AvgIpc) is 2.96. The number of imide groups is 1. The Bertz CT molecular complexity index is 856. The van der Waals surface area contributed by atoms with Crippen molar-refractivity contribution in [3.05, 3.63) is 59.9 Å². The van der Waals surface area contributed by atoms with Gasteiger partial charge in [-0.3, -0.25) is 19.5 Å². The van der Waals surface area contributed by atoms with Gasteiger partial charge >= 0.3 is 6.03 Å². The van der Waals surface area contributed by atoms with E-state index in [0.717, 1.165) is 10.6 Å². The second-order valence-corrected chi connectivity index (χ2v) is 6.36. The van der Waals surface area contributed by atoms with Crippen molar-refractivity contribution in [2.75, 3.05) is 13.7 Å². The van der Waals surface area contributed by atoms with E-state index in [2.05, 4.69) is 15.6 Å². The van der Waals surface area contributed by atoms with Crippen LogP contribution in [0.1, 0.15) is 17.7 Å². The number of hydrogen-bond donors (Lipinski definition) is 2. The lowest BCUT2D eigenvalue weighted by atomic mass is 10.1. The zero-order valence-corrected chi connectivity index (χ0v) is 15.6. The number of carbonyl (C=O) groups excluding carboxylic acids is 3. The number of hydrogen-bond acceptors (Lipinski definition) is 5. The molecule has 1 aromatic heterocycles. The molecule has 2 N–H and O–H groups in total. The van der Waals surface area contributed by atoms with E-state index in [0.29, 0.717) is 24.3 Å². The summed E-state index contributed by atoms with van der Waals surface area (Å²) in [7, 11) is 1.53. The van der Waals surface area contributed by atoms with Crippen molar-refractivity contribution in [2.45, 2.75) is 25.4 Å². The normalized spacial score (nSPS) is 16.0. The molecule has 1 atom stereocenters. The molecule has 1 aromatic carbocycles. The number of benzene rings is 1. The molecule has 0 spiro atoms. The van der Waals surface area contributed by atoms with Gasteiger partial charge in [0.05, 0.1) is 20.1 Å². The van der Waals surface area contributed by atoms with Gasteiger partial charge in [-0.05, 0) is 18.2 Å². The van der Waals surface area contributed by atoms with Gasteiger partial charge in [-0.25, -0.2) is 4.79 Å². The van der Waals surface area contributed by atoms with Crippen LogP contribution in [-0.2, 0) is 22.6 Å². The Balaban J connectivity index is 1.52. The van der Waals surface area contributed by atoms with Crippen molar-refractivity contribution in [3.8, 4) is 5.75 Å². The molecule has 28 heavy (non-hydrogen) atoms. The first-order chi connectivity index (χ1) is 13.6. The van der Waals surface area contributed by atoms with Gasteiger partial charge in [0.2, 0.25) is 5.91 Å². The second-order valence-electron chi connectivity index (χ2n) is 6.36. The van der Waals surface area contributed by atoms with Gasteiger partial charge in [0, 0.05) is 30.4 Å². The molecule has 0 radical (unpaired) electrons. The first-order valence-corrected chi connectivity index (χ1v) is 8.99. The smallest absolute Gasteiger partial charge is 0.325 e. The topological polar surface area (TPSA) is 101 Å². The van der Waals surface area contributed by atoms with Gasteiger partial charge in [-0.1, -0.05) is 24.3 Å². The Morgan fingerprint density at radius 3 is 2.75 bits per heavy atom. The maximum atomic E-state index is 12.6. The number of aromatic nitrogens is 1. The van der Waals surface area contributed by atoms with Crippen LogP contribution in [0.4, 0.5) is 4.79 Å². The summed E-state index contributed by atoms with van der Waals surface area (Å²) in [6.45, 7) is 0.502. The molecule has 3 rings (SSSR count). The Hall–Kier alpha value is -3.42. The Labute approximate surface area is 162 Å². The summed E-state index contributed by atoms with van der Waals surface area (Å²) >= 11 is 0. The number of carbonyl (C=O) groups is 3. The monoisotopic (exact) mass is 382 g/mol. The van der Waals surface area contributed by atoms with Crippen molar-refractivity contribution >= 4 is 17.8 Å². The fraction of sp³-hybridized carbons (Fsp3) is 0.300. The van der Waals surface area contributed by atoms with Crippen LogP contribution in [-0.4, -0.2) is 47.4 Å². The third-order valence-electron chi connectivity index (χ3n) is 4.45. The minimum absolute atomic E-state index is 0.0898. The Morgan fingerprint density at radius 1 is 1.21 bits per heavy atom. The zero-order valence-electron chi connectivity index (χ0n) is 15.6. The highest BCUT2D eigenvalue weighted by atomic mass is 16.5. The molecule has 2 heterocycles. The highest BCUT2D eigenvalue weighted by Gasteiger charge is 2.39. The predicted octanol–water partition coefficient (Wildman–Crippen LogP) is 1.26. The predicted molar refractivity (Wildman–Crippen MR) is 101 cm³/mol. The van der Waals surface area contributed by atoms with Crippen LogP contribution in [0, 0.1) is 0 Å². The van der Waals surface area contributed by atoms with E-state index < -0.39 is 18.0 Å². The van der Waals surface area contributed by atoms with E-state index >= 15 is 0 Å². The number of nitrogens with zero attached hydrogens (tertiary/aromatic N) is 2.